The van der Waals surface area contributed by atoms with E-state index in [4.69, 9.17) is 9.26 Å². The number of pyridine rings is 1. The van der Waals surface area contributed by atoms with Crippen molar-refractivity contribution in [2.45, 2.75) is 13.5 Å². The second-order valence-corrected chi connectivity index (χ2v) is 5.21. The summed E-state index contributed by atoms with van der Waals surface area (Å²) >= 11 is 0. The largest absolute Gasteiger partial charge is 0.497 e. The lowest BCUT2D eigenvalue weighted by molar-refractivity contribution is 0.0950. The highest BCUT2D eigenvalue weighted by Gasteiger charge is 2.22. The van der Waals surface area contributed by atoms with Crippen LogP contribution in [0.3, 0.4) is 0 Å². The summed E-state index contributed by atoms with van der Waals surface area (Å²) in [6, 6.07) is 13.0. The molecule has 6 nitrogen and oxygen atoms in total. The molecule has 6 heteroatoms. The van der Waals surface area contributed by atoms with Gasteiger partial charge in [-0.3, -0.25) is 9.78 Å². The van der Waals surface area contributed by atoms with E-state index in [-0.39, 0.29) is 5.91 Å². The van der Waals surface area contributed by atoms with Gasteiger partial charge in [0.15, 0.2) is 0 Å². The molecule has 0 bridgehead atoms. The van der Waals surface area contributed by atoms with Crippen LogP contribution in [0.1, 0.15) is 21.7 Å². The molecule has 2 aromatic heterocycles. The van der Waals surface area contributed by atoms with Gasteiger partial charge in [-0.1, -0.05) is 23.4 Å². The number of ether oxygens (including phenoxy) is 1. The van der Waals surface area contributed by atoms with Crippen LogP contribution in [0.15, 0.2) is 53.2 Å². The SMILES string of the molecule is COc1cccc(CNC(=O)c2c(-c3ccccn3)noc2C)c1. The second-order valence-electron chi connectivity index (χ2n) is 5.21. The fourth-order valence-corrected chi connectivity index (χ4v) is 2.37. The zero-order valence-electron chi connectivity index (χ0n) is 13.4. The van der Waals surface area contributed by atoms with Gasteiger partial charge in [-0.25, -0.2) is 0 Å². The molecule has 0 fully saturated rings. The van der Waals surface area contributed by atoms with Gasteiger partial charge >= 0.3 is 0 Å². The van der Waals surface area contributed by atoms with E-state index >= 15 is 0 Å². The predicted octanol–water partition coefficient (Wildman–Crippen LogP) is 2.98. The molecule has 1 N–H and O–H groups in total. The summed E-state index contributed by atoms with van der Waals surface area (Å²) in [5.41, 5.74) is 2.38. The number of hydrogen-bond donors (Lipinski definition) is 1. The topological polar surface area (TPSA) is 77.2 Å². The van der Waals surface area contributed by atoms with Crippen LogP contribution in [0.4, 0.5) is 0 Å². The molecule has 3 aromatic rings. The van der Waals surface area contributed by atoms with Gasteiger partial charge in [0.25, 0.3) is 5.91 Å². The molecular weight excluding hydrogens is 306 g/mol. The van der Waals surface area contributed by atoms with E-state index in [0.717, 1.165) is 11.3 Å². The van der Waals surface area contributed by atoms with E-state index in [0.29, 0.717) is 29.3 Å². The quantitative estimate of drug-likeness (QED) is 0.781. The van der Waals surface area contributed by atoms with Gasteiger partial charge in [-0.2, -0.15) is 0 Å². The highest BCUT2D eigenvalue weighted by Crippen LogP contribution is 2.23. The summed E-state index contributed by atoms with van der Waals surface area (Å²) in [4.78, 5) is 16.8. The summed E-state index contributed by atoms with van der Waals surface area (Å²) < 4.78 is 10.4. The van der Waals surface area contributed by atoms with Gasteiger partial charge in [-0.15, -0.1) is 0 Å². The molecule has 0 aliphatic carbocycles. The number of nitrogens with zero attached hydrogens (tertiary/aromatic N) is 2. The first-order valence-electron chi connectivity index (χ1n) is 7.48. The smallest absolute Gasteiger partial charge is 0.257 e. The van der Waals surface area contributed by atoms with Gasteiger partial charge in [0, 0.05) is 12.7 Å². The molecule has 1 amide bonds. The number of carbonyl (C=O) groups excluding carboxylic acids is 1. The minimum atomic E-state index is -0.253. The number of amides is 1. The van der Waals surface area contributed by atoms with Crippen molar-refractivity contribution in [2.24, 2.45) is 0 Å². The molecule has 0 atom stereocenters. The molecule has 0 aliphatic rings. The number of hydrogen-bond acceptors (Lipinski definition) is 5. The number of rotatable bonds is 5. The highest BCUT2D eigenvalue weighted by atomic mass is 16.5. The summed E-state index contributed by atoms with van der Waals surface area (Å²) in [5.74, 6) is 0.952. The minimum Gasteiger partial charge on any atom is -0.497 e. The number of methoxy groups -OCH3 is 1. The van der Waals surface area contributed by atoms with Gasteiger partial charge in [0.1, 0.15) is 22.8 Å². The van der Waals surface area contributed by atoms with Crippen molar-refractivity contribution in [2.75, 3.05) is 7.11 Å². The molecular formula is C18H17N3O3. The maximum Gasteiger partial charge on any atom is 0.257 e. The van der Waals surface area contributed by atoms with E-state index in [1.807, 2.05) is 30.3 Å². The number of carbonyl (C=O) groups is 1. The first-order chi connectivity index (χ1) is 11.7. The Morgan fingerprint density at radius 1 is 1.25 bits per heavy atom. The third-order valence-corrected chi connectivity index (χ3v) is 3.58. The number of aromatic nitrogens is 2. The van der Waals surface area contributed by atoms with Gasteiger partial charge < -0.3 is 14.6 Å². The van der Waals surface area contributed by atoms with Crippen LogP contribution in [0.5, 0.6) is 5.75 Å². The molecule has 1 aromatic carbocycles. The van der Waals surface area contributed by atoms with E-state index in [1.54, 1.807) is 32.4 Å². The fourth-order valence-electron chi connectivity index (χ4n) is 2.37. The first kappa shape index (κ1) is 15.7. The molecule has 0 radical (unpaired) electrons. The summed E-state index contributed by atoms with van der Waals surface area (Å²) in [7, 11) is 1.61. The molecule has 3 rings (SSSR count). The first-order valence-corrected chi connectivity index (χ1v) is 7.48. The standard InChI is InChI=1S/C18H17N3O3/c1-12-16(17(21-24-12)15-8-3-4-9-19-15)18(22)20-11-13-6-5-7-14(10-13)23-2/h3-10H,11H2,1-2H3,(H,20,22). The predicted molar refractivity (Wildman–Crippen MR) is 88.6 cm³/mol. The Kier molecular flexibility index (Phi) is 4.56. The molecule has 122 valence electrons. The molecule has 0 aliphatic heterocycles. The lowest BCUT2D eigenvalue weighted by atomic mass is 10.1. The highest BCUT2D eigenvalue weighted by molar-refractivity contribution is 6.00. The maximum absolute atomic E-state index is 12.6. The van der Waals surface area contributed by atoms with Crippen molar-refractivity contribution in [3.05, 3.63) is 65.5 Å². The normalized spacial score (nSPS) is 10.4. The van der Waals surface area contributed by atoms with Crippen LogP contribution in [0, 0.1) is 6.92 Å². The van der Waals surface area contributed by atoms with E-state index < -0.39 is 0 Å². The van der Waals surface area contributed by atoms with Crippen LogP contribution in [-0.4, -0.2) is 23.2 Å². The van der Waals surface area contributed by atoms with Gasteiger partial charge in [0.05, 0.1) is 12.8 Å². The Balaban J connectivity index is 1.79. The Morgan fingerprint density at radius 3 is 2.88 bits per heavy atom. The zero-order valence-corrected chi connectivity index (χ0v) is 13.4. The van der Waals surface area contributed by atoms with Crippen molar-refractivity contribution in [1.29, 1.82) is 0 Å². The van der Waals surface area contributed by atoms with Crippen molar-refractivity contribution in [3.63, 3.8) is 0 Å². The van der Waals surface area contributed by atoms with Crippen molar-refractivity contribution in [3.8, 4) is 17.1 Å². The minimum absolute atomic E-state index is 0.253. The zero-order chi connectivity index (χ0) is 16.9. The maximum atomic E-state index is 12.6. The van der Waals surface area contributed by atoms with E-state index in [9.17, 15) is 4.79 Å². The van der Waals surface area contributed by atoms with E-state index in [2.05, 4.69) is 15.5 Å². The van der Waals surface area contributed by atoms with Crippen LogP contribution < -0.4 is 10.1 Å². The van der Waals surface area contributed by atoms with E-state index in [1.165, 1.54) is 0 Å². The van der Waals surface area contributed by atoms with Gasteiger partial charge in [-0.05, 0) is 36.8 Å². The lowest BCUT2D eigenvalue weighted by Gasteiger charge is -2.07. The average Bonchev–Trinajstić information content (AvgIpc) is 3.02. The van der Waals surface area contributed by atoms with Crippen molar-refractivity contribution >= 4 is 5.91 Å². The van der Waals surface area contributed by atoms with Crippen molar-refractivity contribution < 1.29 is 14.1 Å². The van der Waals surface area contributed by atoms with Crippen LogP contribution in [0.25, 0.3) is 11.4 Å². The van der Waals surface area contributed by atoms with Crippen LogP contribution in [-0.2, 0) is 6.54 Å². The Hall–Kier alpha value is -3.15. The molecule has 0 unspecified atom stereocenters. The lowest BCUT2D eigenvalue weighted by Crippen LogP contribution is -2.23. The second kappa shape index (κ2) is 6.95. The third kappa shape index (κ3) is 3.27. The molecule has 2 heterocycles. The average molecular weight is 323 g/mol. The molecule has 0 spiro atoms. The monoisotopic (exact) mass is 323 g/mol. The van der Waals surface area contributed by atoms with Crippen LogP contribution >= 0.6 is 0 Å². The number of nitrogens with one attached hydrogen (secondary N) is 1. The number of aryl methyl sites for hydroxylation is 1. The van der Waals surface area contributed by atoms with Crippen molar-refractivity contribution in [1.82, 2.24) is 15.5 Å². The molecule has 24 heavy (non-hydrogen) atoms. The fraction of sp³-hybridized carbons (Fsp3) is 0.167. The summed E-state index contributed by atoms with van der Waals surface area (Å²) in [6.07, 6.45) is 1.65. The Labute approximate surface area is 139 Å². The number of benzene rings is 1. The molecule has 0 saturated heterocycles. The summed E-state index contributed by atoms with van der Waals surface area (Å²) in [5, 5.41) is 6.85. The summed E-state index contributed by atoms with van der Waals surface area (Å²) in [6.45, 7) is 2.09. The Bertz CT molecular complexity index is 844. The van der Waals surface area contributed by atoms with Crippen LogP contribution in [0.2, 0.25) is 0 Å². The molecule has 0 saturated carbocycles. The van der Waals surface area contributed by atoms with Gasteiger partial charge in [0.2, 0.25) is 0 Å². The third-order valence-electron chi connectivity index (χ3n) is 3.58. The Morgan fingerprint density at radius 2 is 2.12 bits per heavy atom.